The Bertz CT molecular complexity index is 2640. The Hall–Kier alpha value is -3.88. The number of hydrogen-bond acceptors (Lipinski definition) is 2. The van der Waals surface area contributed by atoms with Crippen LogP contribution in [0.4, 0.5) is 0 Å². The number of fused-ring (bicyclic) bond motifs is 8. The van der Waals surface area contributed by atoms with Gasteiger partial charge in [0.15, 0.2) is 49.6 Å². The number of halogens is 4. The highest BCUT2D eigenvalue weighted by Gasteiger charge is 2.21. The third-order valence-electron chi connectivity index (χ3n) is 13.6. The summed E-state index contributed by atoms with van der Waals surface area (Å²) in [6, 6.07) is 26.9. The molecule has 0 atom stereocenters. The molecule has 0 unspecified atom stereocenters. The predicted molar refractivity (Wildman–Crippen MR) is 279 cm³/mol. The van der Waals surface area contributed by atoms with E-state index in [0.717, 1.165) is 116 Å². The van der Waals surface area contributed by atoms with Gasteiger partial charge in [-0.1, -0.05) is 53.4 Å². The lowest BCUT2D eigenvalue weighted by Crippen LogP contribution is -3.00. The molecule has 7 aromatic rings. The Labute approximate surface area is 496 Å². The summed E-state index contributed by atoms with van der Waals surface area (Å²) in [5.41, 5.74) is 16.4. The van der Waals surface area contributed by atoms with Gasteiger partial charge in [-0.25, -0.2) is 28.2 Å². The van der Waals surface area contributed by atoms with Crippen molar-refractivity contribution in [3.05, 3.63) is 145 Å². The van der Waals surface area contributed by atoms with Crippen LogP contribution in [0, 0.1) is 0 Å². The molecule has 8 bridgehead atoms. The van der Waals surface area contributed by atoms with E-state index in [0.29, 0.717) is 0 Å². The van der Waals surface area contributed by atoms with Crippen LogP contribution >= 0.6 is 0 Å². The van der Waals surface area contributed by atoms with E-state index in [-0.39, 0.29) is 95.9 Å². The number of nitrogens with zero attached hydrogens (tertiary/aromatic N) is 6. The van der Waals surface area contributed by atoms with E-state index < -0.39 is 0 Å². The van der Waals surface area contributed by atoms with Crippen LogP contribution in [-0.2, 0) is 26.2 Å². The molecule has 9 rings (SSSR count). The summed E-state index contributed by atoms with van der Waals surface area (Å²) in [5, 5.41) is 0. The van der Waals surface area contributed by atoms with Gasteiger partial charge in [-0.15, -0.1) is 0 Å². The molecule has 7 aromatic heterocycles. The second kappa shape index (κ2) is 29.3. The number of aryl methyl sites for hydroxylation is 4. The lowest BCUT2D eigenvalue weighted by molar-refractivity contribution is -0.697. The van der Waals surface area contributed by atoms with Crippen molar-refractivity contribution >= 4 is 46.4 Å². The third kappa shape index (κ3) is 14.3. The van der Waals surface area contributed by atoms with Crippen LogP contribution < -0.4 is 114 Å². The van der Waals surface area contributed by atoms with Crippen molar-refractivity contribution in [2.75, 3.05) is 0 Å². The Kier molecular flexibility index (Phi) is 24.0. The smallest absolute Gasteiger partial charge is 0.169 e. The van der Waals surface area contributed by atoms with Gasteiger partial charge in [0.25, 0.3) is 0 Å². The number of rotatable bonds is 20. The molecule has 0 saturated heterocycles. The van der Waals surface area contributed by atoms with Crippen molar-refractivity contribution in [3.63, 3.8) is 0 Å². The first-order valence-corrected chi connectivity index (χ1v) is 25.7. The van der Waals surface area contributed by atoms with Crippen LogP contribution in [0.15, 0.2) is 122 Å². The van der Waals surface area contributed by atoms with E-state index in [1.807, 2.05) is 0 Å². The van der Waals surface area contributed by atoms with Crippen molar-refractivity contribution in [1.29, 1.82) is 0 Å². The van der Waals surface area contributed by atoms with Gasteiger partial charge in [0.05, 0.1) is 22.8 Å². The van der Waals surface area contributed by atoms with Crippen LogP contribution in [0.5, 0.6) is 0 Å². The van der Waals surface area contributed by atoms with Crippen LogP contribution in [-0.4, -0.2) is 19.9 Å². The van der Waals surface area contributed by atoms with Crippen molar-refractivity contribution in [3.8, 4) is 44.5 Å². The van der Waals surface area contributed by atoms with Crippen LogP contribution in [0.25, 0.3) is 90.9 Å². The average molecular weight is 1410 g/mol. The zero-order chi connectivity index (χ0) is 46.7. The average Bonchev–Trinajstić information content (AvgIpc) is 4.23. The first-order valence-electron chi connectivity index (χ1n) is 25.7. The molecular weight excluding hydrogens is 1340 g/mol. The quantitative estimate of drug-likeness (QED) is 0.0687. The van der Waals surface area contributed by atoms with Crippen molar-refractivity contribution in [1.82, 2.24) is 19.9 Å². The van der Waals surface area contributed by atoms with Gasteiger partial charge in [-0.05, 0) is 96.5 Å². The van der Waals surface area contributed by atoms with Gasteiger partial charge >= 0.3 is 0 Å². The second-order valence-electron chi connectivity index (χ2n) is 18.6. The molecule has 378 valence electrons. The number of aromatic nitrogens is 8. The summed E-state index contributed by atoms with van der Waals surface area (Å²) in [5.74, 6) is 0. The number of nitrogens with one attached hydrogen (secondary N) is 2. The van der Waals surface area contributed by atoms with Gasteiger partial charge < -0.3 is 106 Å². The molecule has 12 heteroatoms. The first-order chi connectivity index (χ1) is 33.5. The largest absolute Gasteiger partial charge is 1.00 e. The highest BCUT2D eigenvalue weighted by atomic mass is 127. The topological polar surface area (TPSA) is 72.9 Å². The summed E-state index contributed by atoms with van der Waals surface area (Å²) in [4.78, 5) is 19.1. The minimum Gasteiger partial charge on any atom is -1.00 e. The first kappa shape index (κ1) is 59.0. The zero-order valence-corrected chi connectivity index (χ0v) is 51.0. The summed E-state index contributed by atoms with van der Waals surface area (Å²) in [6.07, 6.45) is 41.0. The van der Waals surface area contributed by atoms with Gasteiger partial charge in [0.1, 0.15) is 26.2 Å². The molecule has 8 nitrogen and oxygen atoms in total. The number of H-pyrrole nitrogens is 2. The Morgan fingerprint density at radius 3 is 0.708 bits per heavy atom. The van der Waals surface area contributed by atoms with E-state index >= 15 is 0 Å². The van der Waals surface area contributed by atoms with Crippen LogP contribution in [0.1, 0.15) is 128 Å². The molecule has 2 N–H and O–H groups in total. The highest BCUT2D eigenvalue weighted by Crippen LogP contribution is 2.38. The van der Waals surface area contributed by atoms with Crippen molar-refractivity contribution in [2.24, 2.45) is 0 Å². The molecule has 2 aliphatic heterocycles. The van der Waals surface area contributed by atoms with E-state index in [9.17, 15) is 0 Å². The molecule has 0 radical (unpaired) electrons. The second-order valence-corrected chi connectivity index (χ2v) is 18.6. The molecule has 0 fully saturated rings. The summed E-state index contributed by atoms with van der Waals surface area (Å²) in [6.45, 7) is 13.1. The molecule has 0 aliphatic carbocycles. The van der Waals surface area contributed by atoms with Gasteiger partial charge in [0.2, 0.25) is 0 Å². The Morgan fingerprint density at radius 2 is 0.514 bits per heavy atom. The molecule has 0 spiro atoms. The number of pyridine rings is 4. The van der Waals surface area contributed by atoms with Crippen LogP contribution in [0.2, 0.25) is 0 Å². The fourth-order valence-electron chi connectivity index (χ4n) is 9.69. The molecule has 9 heterocycles. The maximum atomic E-state index is 5.58. The molecule has 0 saturated carbocycles. The van der Waals surface area contributed by atoms with E-state index in [2.05, 4.69) is 203 Å². The fraction of sp³-hybridized carbons (Fsp3) is 0.333. The Balaban J connectivity index is 0.00000241. The van der Waals surface area contributed by atoms with Crippen LogP contribution in [0.3, 0.4) is 0 Å². The summed E-state index contributed by atoms with van der Waals surface area (Å²) < 4.78 is 9.22. The Morgan fingerprint density at radius 1 is 0.306 bits per heavy atom. The maximum Gasteiger partial charge on any atom is 0.169 e. The zero-order valence-electron chi connectivity index (χ0n) is 42.4. The number of unbranched alkanes of at least 4 members (excludes halogenated alkanes) is 8. The minimum atomic E-state index is 0. The van der Waals surface area contributed by atoms with Gasteiger partial charge in [-0.2, -0.15) is 0 Å². The molecule has 0 aromatic carbocycles. The fourth-order valence-corrected chi connectivity index (χ4v) is 9.69. The highest BCUT2D eigenvalue weighted by molar-refractivity contribution is 5.99. The summed E-state index contributed by atoms with van der Waals surface area (Å²) in [7, 11) is 0. The van der Waals surface area contributed by atoms with Gasteiger partial charge in [-0.3, -0.25) is 0 Å². The van der Waals surface area contributed by atoms with E-state index in [4.69, 9.17) is 9.97 Å². The lowest BCUT2D eigenvalue weighted by Gasteiger charge is -2.07. The normalized spacial score (nSPS) is 11.4. The molecular formula is C60H70I4N8. The predicted octanol–water partition coefficient (Wildman–Crippen LogP) is 1.25. The van der Waals surface area contributed by atoms with E-state index in [1.54, 1.807) is 0 Å². The van der Waals surface area contributed by atoms with Gasteiger partial charge in [0, 0.05) is 119 Å². The lowest BCUT2D eigenvalue weighted by atomic mass is 10.0. The van der Waals surface area contributed by atoms with E-state index in [1.165, 1.54) is 77.0 Å². The SMILES string of the molecule is CCCCC[n+]1ccc(-c2c3nc(c(-c4cc[n+](CCCCC)cc4)c4ccc([nH]4)c(-c4cc[n+](CCCCC)cc4)c4nc(c(-c5cc[n+](CCCCC)cc5)c5ccc2[nH]5)C=C4)C=C3)cc1.[I-].[I-].[I-].[I-]. The molecule has 72 heavy (non-hydrogen) atoms. The molecule has 2 aliphatic rings. The van der Waals surface area contributed by atoms with Crippen molar-refractivity contribution in [2.45, 2.75) is 131 Å². The monoisotopic (exact) mass is 1410 g/mol. The summed E-state index contributed by atoms with van der Waals surface area (Å²) >= 11 is 0. The third-order valence-corrected chi connectivity index (χ3v) is 13.6. The van der Waals surface area contributed by atoms with Crippen molar-refractivity contribution < 1.29 is 114 Å². The number of hydrogen-bond donors (Lipinski definition) is 2. The number of aromatic amines is 2. The molecule has 0 amide bonds. The minimum absolute atomic E-state index is 0. The standard InChI is InChI=1S/C60H69N8.4HI/c1-5-9-13-33-65-37-25-45(26-38-65)57-49-17-19-51(61-49)58(46-27-39-66(40-28-46)34-14-10-6-2)53-21-23-55(63-53)60(48-31-43-68(44-32-48)36-16-12-8-4)56-24-22-54(64-56)59(52-20-18-50(57)62-52)47-29-41-67(42-30-47)35-15-11-7-3;;;;/h17-32,37-44H,5-16,33-36H2,1-4H3,(H,61,62,63,64);4*1H/q+3;;;;/p-3. The maximum absolute atomic E-state index is 5.58.